The van der Waals surface area contributed by atoms with Crippen LogP contribution in [-0.2, 0) is 4.79 Å². The lowest BCUT2D eigenvalue weighted by Gasteiger charge is -2.33. The molecule has 1 amide bonds. The number of aliphatic hydroxyl groups is 1. The average molecular weight is 277 g/mol. The third-order valence-electron chi connectivity index (χ3n) is 4.14. The van der Waals surface area contributed by atoms with Gasteiger partial charge in [-0.25, -0.2) is 0 Å². The number of hydrogen-bond donors (Lipinski definition) is 2. The van der Waals surface area contributed by atoms with E-state index in [4.69, 9.17) is 9.84 Å². The first-order chi connectivity index (χ1) is 9.59. The number of carbonyl (C=O) groups excluding carboxylic acids is 1. The second-order valence-corrected chi connectivity index (χ2v) is 5.60. The van der Waals surface area contributed by atoms with E-state index in [-0.39, 0.29) is 24.0 Å². The Labute approximate surface area is 120 Å². The van der Waals surface area contributed by atoms with Crippen molar-refractivity contribution in [2.24, 2.45) is 0 Å². The topological polar surface area (TPSA) is 58.6 Å². The number of nitrogens with one attached hydrogen (secondary N) is 1. The number of carbonyl (C=O) groups is 1. The Morgan fingerprint density at radius 2 is 2.25 bits per heavy atom. The zero-order chi connectivity index (χ0) is 14.6. The van der Waals surface area contributed by atoms with E-state index in [1.165, 1.54) is 0 Å². The van der Waals surface area contributed by atoms with Gasteiger partial charge in [-0.05, 0) is 32.3 Å². The van der Waals surface area contributed by atoms with E-state index in [1.807, 2.05) is 38.1 Å². The summed E-state index contributed by atoms with van der Waals surface area (Å²) in [5, 5.41) is 12.2. The predicted octanol–water partition coefficient (Wildman–Crippen LogP) is 2.22. The molecule has 1 aliphatic heterocycles. The molecule has 2 atom stereocenters. The van der Waals surface area contributed by atoms with E-state index >= 15 is 0 Å². The minimum Gasteiger partial charge on any atom is -0.493 e. The van der Waals surface area contributed by atoms with Gasteiger partial charge in [-0.15, -0.1) is 0 Å². The van der Waals surface area contributed by atoms with E-state index in [1.54, 1.807) is 0 Å². The summed E-state index contributed by atoms with van der Waals surface area (Å²) in [6, 6.07) is 7.71. The van der Waals surface area contributed by atoms with Crippen molar-refractivity contribution in [1.29, 1.82) is 0 Å². The summed E-state index contributed by atoms with van der Waals surface area (Å²) in [5.74, 6) is 0.669. The van der Waals surface area contributed by atoms with E-state index in [2.05, 4.69) is 5.32 Å². The molecule has 0 saturated carbocycles. The second-order valence-electron chi connectivity index (χ2n) is 5.60. The van der Waals surface area contributed by atoms with E-state index in [0.29, 0.717) is 19.4 Å². The first-order valence-corrected chi connectivity index (χ1v) is 7.24. The Morgan fingerprint density at radius 3 is 2.95 bits per heavy atom. The predicted molar refractivity (Wildman–Crippen MR) is 77.8 cm³/mol. The molecule has 110 valence electrons. The van der Waals surface area contributed by atoms with Crippen molar-refractivity contribution in [3.63, 3.8) is 0 Å². The summed E-state index contributed by atoms with van der Waals surface area (Å²) in [5.41, 5.74) is 0.609. The Balaban J connectivity index is 2.14. The zero-order valence-electron chi connectivity index (χ0n) is 12.2. The SMILES string of the molecule is CCC(C)(CCO)NC(=O)C1CCOc2ccccc21. The van der Waals surface area contributed by atoms with Crippen molar-refractivity contribution in [2.45, 2.75) is 44.6 Å². The molecule has 0 fully saturated rings. The lowest BCUT2D eigenvalue weighted by Crippen LogP contribution is -2.48. The Bertz CT molecular complexity index is 475. The van der Waals surface area contributed by atoms with Gasteiger partial charge in [-0.2, -0.15) is 0 Å². The van der Waals surface area contributed by atoms with Gasteiger partial charge in [0.25, 0.3) is 0 Å². The maximum Gasteiger partial charge on any atom is 0.228 e. The van der Waals surface area contributed by atoms with Gasteiger partial charge in [0.1, 0.15) is 5.75 Å². The number of fused-ring (bicyclic) bond motifs is 1. The van der Waals surface area contributed by atoms with Crippen molar-refractivity contribution in [3.8, 4) is 5.75 Å². The molecule has 2 rings (SSSR count). The fourth-order valence-electron chi connectivity index (χ4n) is 2.57. The number of hydrogen-bond acceptors (Lipinski definition) is 3. The molecule has 0 aliphatic carbocycles. The molecular formula is C16H23NO3. The fraction of sp³-hybridized carbons (Fsp3) is 0.562. The van der Waals surface area contributed by atoms with Crippen molar-refractivity contribution in [3.05, 3.63) is 29.8 Å². The lowest BCUT2D eigenvalue weighted by molar-refractivity contribution is -0.125. The summed E-state index contributed by atoms with van der Waals surface area (Å²) in [4.78, 5) is 12.6. The third kappa shape index (κ3) is 3.12. The summed E-state index contributed by atoms with van der Waals surface area (Å²) in [6.07, 6.45) is 2.06. The summed E-state index contributed by atoms with van der Waals surface area (Å²) in [7, 11) is 0. The van der Waals surface area contributed by atoms with Gasteiger partial charge in [0.05, 0.1) is 12.5 Å². The van der Waals surface area contributed by atoms with Crippen LogP contribution in [0.5, 0.6) is 5.75 Å². The van der Waals surface area contributed by atoms with Gasteiger partial charge in [0.15, 0.2) is 0 Å². The molecule has 0 saturated heterocycles. The maximum atomic E-state index is 12.6. The summed E-state index contributed by atoms with van der Waals surface area (Å²) in [6.45, 7) is 4.65. The number of amides is 1. The highest BCUT2D eigenvalue weighted by Crippen LogP contribution is 2.34. The molecular weight excluding hydrogens is 254 g/mol. The van der Waals surface area contributed by atoms with Crippen LogP contribution in [0.3, 0.4) is 0 Å². The quantitative estimate of drug-likeness (QED) is 0.867. The number of benzene rings is 1. The van der Waals surface area contributed by atoms with Crippen LogP contribution >= 0.6 is 0 Å². The second kappa shape index (κ2) is 6.27. The highest BCUT2D eigenvalue weighted by atomic mass is 16.5. The Morgan fingerprint density at radius 1 is 1.50 bits per heavy atom. The highest BCUT2D eigenvalue weighted by molar-refractivity contribution is 5.85. The molecule has 1 aromatic rings. The first-order valence-electron chi connectivity index (χ1n) is 7.24. The van der Waals surface area contributed by atoms with Crippen molar-refractivity contribution >= 4 is 5.91 Å². The van der Waals surface area contributed by atoms with E-state index in [0.717, 1.165) is 17.7 Å². The zero-order valence-corrected chi connectivity index (χ0v) is 12.2. The van der Waals surface area contributed by atoms with Crippen LogP contribution in [-0.4, -0.2) is 29.8 Å². The molecule has 1 aromatic carbocycles. The van der Waals surface area contributed by atoms with Crippen LogP contribution in [0.15, 0.2) is 24.3 Å². The number of aliphatic hydroxyl groups excluding tert-OH is 1. The largest absolute Gasteiger partial charge is 0.493 e. The highest BCUT2D eigenvalue weighted by Gasteiger charge is 2.31. The maximum absolute atomic E-state index is 12.6. The Kier molecular flexibility index (Phi) is 4.65. The van der Waals surface area contributed by atoms with Crippen LogP contribution in [0.25, 0.3) is 0 Å². The molecule has 0 spiro atoms. The van der Waals surface area contributed by atoms with Crippen LogP contribution in [0.1, 0.15) is 44.6 Å². The van der Waals surface area contributed by atoms with Gasteiger partial charge < -0.3 is 15.2 Å². The lowest BCUT2D eigenvalue weighted by atomic mass is 9.89. The normalized spacial score (nSPS) is 20.4. The van der Waals surface area contributed by atoms with Gasteiger partial charge in [0, 0.05) is 17.7 Å². The number of rotatable bonds is 5. The number of para-hydroxylation sites is 1. The van der Waals surface area contributed by atoms with E-state index in [9.17, 15) is 4.79 Å². The molecule has 0 radical (unpaired) electrons. The minimum atomic E-state index is -0.348. The molecule has 4 nitrogen and oxygen atoms in total. The van der Waals surface area contributed by atoms with Gasteiger partial charge >= 0.3 is 0 Å². The number of ether oxygens (including phenoxy) is 1. The summed E-state index contributed by atoms with van der Waals surface area (Å²) >= 11 is 0. The molecule has 4 heteroatoms. The first kappa shape index (κ1) is 14.9. The van der Waals surface area contributed by atoms with Crippen LogP contribution in [0, 0.1) is 0 Å². The molecule has 2 N–H and O–H groups in total. The standard InChI is InChI=1S/C16H23NO3/c1-3-16(2,9-10-18)17-15(19)13-8-11-20-14-7-5-4-6-12(13)14/h4-7,13,18H,3,8-11H2,1-2H3,(H,17,19). The van der Waals surface area contributed by atoms with Crippen LogP contribution in [0.2, 0.25) is 0 Å². The monoisotopic (exact) mass is 277 g/mol. The average Bonchev–Trinajstić information content (AvgIpc) is 2.46. The molecule has 2 unspecified atom stereocenters. The fourth-order valence-corrected chi connectivity index (χ4v) is 2.57. The molecule has 1 aliphatic rings. The third-order valence-corrected chi connectivity index (χ3v) is 4.14. The molecule has 0 aromatic heterocycles. The molecule has 0 bridgehead atoms. The summed E-state index contributed by atoms with van der Waals surface area (Å²) < 4.78 is 5.59. The van der Waals surface area contributed by atoms with E-state index < -0.39 is 0 Å². The van der Waals surface area contributed by atoms with Crippen LogP contribution < -0.4 is 10.1 Å². The van der Waals surface area contributed by atoms with Crippen molar-refractivity contribution in [1.82, 2.24) is 5.32 Å². The smallest absolute Gasteiger partial charge is 0.228 e. The molecule has 20 heavy (non-hydrogen) atoms. The van der Waals surface area contributed by atoms with Crippen LogP contribution in [0.4, 0.5) is 0 Å². The molecule has 1 heterocycles. The van der Waals surface area contributed by atoms with Crippen molar-refractivity contribution < 1.29 is 14.6 Å². The van der Waals surface area contributed by atoms with Gasteiger partial charge in [0.2, 0.25) is 5.91 Å². The van der Waals surface area contributed by atoms with Gasteiger partial charge in [-0.1, -0.05) is 25.1 Å². The van der Waals surface area contributed by atoms with Gasteiger partial charge in [-0.3, -0.25) is 4.79 Å². The minimum absolute atomic E-state index is 0.0264. The van der Waals surface area contributed by atoms with Crippen molar-refractivity contribution in [2.75, 3.05) is 13.2 Å². The Hall–Kier alpha value is -1.55.